The standard InChI is InChI=1S/C11H21NO2/c1-4-6-8-12(9-7-5-2)11(14)10(3)13/h4-9H2,1-3H3. The van der Waals surface area contributed by atoms with Crippen molar-refractivity contribution in [3.8, 4) is 0 Å². The lowest BCUT2D eigenvalue weighted by Gasteiger charge is -2.20. The summed E-state index contributed by atoms with van der Waals surface area (Å²) < 4.78 is 0. The topological polar surface area (TPSA) is 37.4 Å². The van der Waals surface area contributed by atoms with Crippen LogP contribution >= 0.6 is 0 Å². The SMILES string of the molecule is CCCCN(CCCC)C(=O)C(C)=O. The third-order valence-corrected chi connectivity index (χ3v) is 2.15. The largest absolute Gasteiger partial charge is 0.336 e. The molecule has 3 heteroatoms. The third kappa shape index (κ3) is 5.00. The van der Waals surface area contributed by atoms with E-state index in [2.05, 4.69) is 13.8 Å². The Labute approximate surface area is 86.5 Å². The first-order valence-corrected chi connectivity index (χ1v) is 5.43. The van der Waals surface area contributed by atoms with Gasteiger partial charge in [0.05, 0.1) is 0 Å². The zero-order valence-electron chi connectivity index (χ0n) is 9.51. The number of rotatable bonds is 7. The Kier molecular flexibility index (Phi) is 7.07. The third-order valence-electron chi connectivity index (χ3n) is 2.15. The van der Waals surface area contributed by atoms with Gasteiger partial charge in [-0.25, -0.2) is 0 Å². The van der Waals surface area contributed by atoms with Gasteiger partial charge in [-0.3, -0.25) is 9.59 Å². The van der Waals surface area contributed by atoms with E-state index in [1.807, 2.05) is 0 Å². The molecule has 0 aromatic rings. The second kappa shape index (κ2) is 7.54. The van der Waals surface area contributed by atoms with Gasteiger partial charge in [-0.05, 0) is 12.8 Å². The first-order valence-electron chi connectivity index (χ1n) is 5.43. The fraction of sp³-hybridized carbons (Fsp3) is 0.818. The number of amides is 1. The minimum Gasteiger partial charge on any atom is -0.336 e. The van der Waals surface area contributed by atoms with E-state index >= 15 is 0 Å². The van der Waals surface area contributed by atoms with Gasteiger partial charge in [0.2, 0.25) is 5.78 Å². The fourth-order valence-corrected chi connectivity index (χ4v) is 1.24. The van der Waals surface area contributed by atoms with E-state index in [0.717, 1.165) is 38.8 Å². The van der Waals surface area contributed by atoms with Crippen molar-refractivity contribution in [3.63, 3.8) is 0 Å². The molecular weight excluding hydrogens is 178 g/mol. The van der Waals surface area contributed by atoms with E-state index < -0.39 is 0 Å². The zero-order valence-corrected chi connectivity index (χ0v) is 9.51. The van der Waals surface area contributed by atoms with E-state index in [1.165, 1.54) is 6.92 Å². The molecule has 0 atom stereocenters. The summed E-state index contributed by atoms with van der Waals surface area (Å²) in [5.74, 6) is -0.677. The summed E-state index contributed by atoms with van der Waals surface area (Å²) in [7, 11) is 0. The Hall–Kier alpha value is -0.860. The van der Waals surface area contributed by atoms with E-state index in [-0.39, 0.29) is 11.7 Å². The number of nitrogens with zero attached hydrogens (tertiary/aromatic N) is 1. The molecule has 0 N–H and O–H groups in total. The Bertz CT molecular complexity index is 182. The lowest BCUT2D eigenvalue weighted by atomic mass is 10.2. The molecule has 0 aliphatic rings. The summed E-state index contributed by atoms with van der Waals surface area (Å²) >= 11 is 0. The molecule has 0 aliphatic heterocycles. The van der Waals surface area contributed by atoms with Crippen LogP contribution in [0.25, 0.3) is 0 Å². The number of ketones is 1. The van der Waals surface area contributed by atoms with Crippen LogP contribution in [0, 0.1) is 0 Å². The van der Waals surface area contributed by atoms with Crippen molar-refractivity contribution in [3.05, 3.63) is 0 Å². The fourth-order valence-electron chi connectivity index (χ4n) is 1.24. The molecule has 0 aromatic heterocycles. The van der Waals surface area contributed by atoms with Crippen LogP contribution in [0.3, 0.4) is 0 Å². The number of carbonyl (C=O) groups excluding carboxylic acids is 2. The smallest absolute Gasteiger partial charge is 0.289 e. The summed E-state index contributed by atoms with van der Waals surface area (Å²) in [5.41, 5.74) is 0. The van der Waals surface area contributed by atoms with Crippen molar-refractivity contribution < 1.29 is 9.59 Å². The Morgan fingerprint density at radius 1 is 1.00 bits per heavy atom. The van der Waals surface area contributed by atoms with Gasteiger partial charge in [0.25, 0.3) is 5.91 Å². The molecule has 0 fully saturated rings. The van der Waals surface area contributed by atoms with E-state index in [1.54, 1.807) is 4.90 Å². The van der Waals surface area contributed by atoms with Crippen LogP contribution in [0.15, 0.2) is 0 Å². The van der Waals surface area contributed by atoms with Gasteiger partial charge in [0, 0.05) is 20.0 Å². The van der Waals surface area contributed by atoms with Crippen molar-refractivity contribution >= 4 is 11.7 Å². The molecule has 1 amide bonds. The summed E-state index contributed by atoms with van der Waals surface area (Å²) in [6.07, 6.45) is 4.05. The first-order chi connectivity index (χ1) is 6.63. The zero-order chi connectivity index (χ0) is 11.0. The van der Waals surface area contributed by atoms with Crippen molar-refractivity contribution in [2.45, 2.75) is 46.5 Å². The maximum Gasteiger partial charge on any atom is 0.289 e. The number of hydrogen-bond acceptors (Lipinski definition) is 2. The van der Waals surface area contributed by atoms with E-state index in [0.29, 0.717) is 0 Å². The Morgan fingerprint density at radius 2 is 1.43 bits per heavy atom. The molecular formula is C11H21NO2. The Balaban J connectivity index is 4.08. The van der Waals surface area contributed by atoms with Gasteiger partial charge in [-0.1, -0.05) is 26.7 Å². The van der Waals surface area contributed by atoms with Crippen molar-refractivity contribution in [2.75, 3.05) is 13.1 Å². The highest BCUT2D eigenvalue weighted by molar-refractivity contribution is 6.35. The lowest BCUT2D eigenvalue weighted by Crippen LogP contribution is -2.36. The van der Waals surface area contributed by atoms with Crippen LogP contribution in [0.4, 0.5) is 0 Å². The normalized spacial score (nSPS) is 9.93. The summed E-state index contributed by atoms with van der Waals surface area (Å²) in [6, 6.07) is 0. The molecule has 0 saturated heterocycles. The molecule has 0 aliphatic carbocycles. The predicted molar refractivity (Wildman–Crippen MR) is 57.1 cm³/mol. The van der Waals surface area contributed by atoms with E-state index in [4.69, 9.17) is 0 Å². The van der Waals surface area contributed by atoms with E-state index in [9.17, 15) is 9.59 Å². The van der Waals surface area contributed by atoms with Crippen LogP contribution < -0.4 is 0 Å². The van der Waals surface area contributed by atoms with Crippen LogP contribution in [0.1, 0.15) is 46.5 Å². The molecule has 82 valence electrons. The molecule has 0 aromatic carbocycles. The quantitative estimate of drug-likeness (QED) is 0.588. The molecule has 0 radical (unpaired) electrons. The molecule has 0 saturated carbocycles. The van der Waals surface area contributed by atoms with Crippen molar-refractivity contribution in [2.24, 2.45) is 0 Å². The highest BCUT2D eigenvalue weighted by atomic mass is 16.2. The molecule has 0 bridgehead atoms. The van der Waals surface area contributed by atoms with Gasteiger partial charge in [0.1, 0.15) is 0 Å². The number of carbonyl (C=O) groups is 2. The minimum absolute atomic E-state index is 0.327. The van der Waals surface area contributed by atoms with Crippen LogP contribution in [0.5, 0.6) is 0 Å². The highest BCUT2D eigenvalue weighted by Gasteiger charge is 2.16. The Morgan fingerprint density at radius 3 is 1.71 bits per heavy atom. The van der Waals surface area contributed by atoms with Crippen LogP contribution in [0.2, 0.25) is 0 Å². The molecule has 0 heterocycles. The monoisotopic (exact) mass is 199 g/mol. The van der Waals surface area contributed by atoms with Crippen LogP contribution in [-0.2, 0) is 9.59 Å². The predicted octanol–water partition coefficient (Wildman–Crippen LogP) is 2.00. The summed E-state index contributed by atoms with van der Waals surface area (Å²) in [4.78, 5) is 24.0. The molecule has 14 heavy (non-hydrogen) atoms. The van der Waals surface area contributed by atoms with Gasteiger partial charge in [-0.2, -0.15) is 0 Å². The summed E-state index contributed by atoms with van der Waals surface area (Å²) in [6.45, 7) is 6.93. The number of hydrogen-bond donors (Lipinski definition) is 0. The van der Waals surface area contributed by atoms with Crippen LogP contribution in [-0.4, -0.2) is 29.7 Å². The average Bonchev–Trinajstić information content (AvgIpc) is 2.17. The molecule has 3 nitrogen and oxygen atoms in total. The van der Waals surface area contributed by atoms with Gasteiger partial charge in [0.15, 0.2) is 0 Å². The highest BCUT2D eigenvalue weighted by Crippen LogP contribution is 2.00. The van der Waals surface area contributed by atoms with Gasteiger partial charge < -0.3 is 4.90 Å². The maximum atomic E-state index is 11.4. The van der Waals surface area contributed by atoms with Gasteiger partial charge in [-0.15, -0.1) is 0 Å². The van der Waals surface area contributed by atoms with Crippen molar-refractivity contribution in [1.29, 1.82) is 0 Å². The average molecular weight is 199 g/mol. The summed E-state index contributed by atoms with van der Waals surface area (Å²) in [5, 5.41) is 0. The number of unbranched alkanes of at least 4 members (excludes halogenated alkanes) is 2. The van der Waals surface area contributed by atoms with Gasteiger partial charge >= 0.3 is 0 Å². The number of Topliss-reactive ketones (excluding diaryl/α,β-unsaturated/α-hetero) is 1. The second-order valence-electron chi connectivity index (χ2n) is 3.56. The molecule has 0 rings (SSSR count). The minimum atomic E-state index is -0.350. The molecule has 0 unspecified atom stereocenters. The van der Waals surface area contributed by atoms with Crippen molar-refractivity contribution in [1.82, 2.24) is 4.90 Å². The lowest BCUT2D eigenvalue weighted by molar-refractivity contribution is -0.143. The first kappa shape index (κ1) is 13.1. The maximum absolute atomic E-state index is 11.4. The molecule has 0 spiro atoms. The second-order valence-corrected chi connectivity index (χ2v) is 3.56.